The van der Waals surface area contributed by atoms with Gasteiger partial charge < -0.3 is 8.83 Å². The predicted molar refractivity (Wildman–Crippen MR) is 214 cm³/mol. The molecule has 5 aromatic heterocycles. The van der Waals surface area contributed by atoms with Crippen LogP contribution in [0.5, 0.6) is 0 Å². The minimum atomic E-state index is 0.689. The number of fused-ring (bicyclic) bond motifs is 9. The van der Waals surface area contributed by atoms with E-state index in [2.05, 4.69) is 70.5 Å². The van der Waals surface area contributed by atoms with Crippen molar-refractivity contribution in [1.29, 1.82) is 0 Å². The number of rotatable bonds is 6. The van der Waals surface area contributed by atoms with Crippen molar-refractivity contribution in [2.45, 2.75) is 0 Å². The van der Waals surface area contributed by atoms with Crippen LogP contribution in [-0.2, 0) is 0 Å². The number of hydrogen-bond acceptors (Lipinski definition) is 9. The van der Waals surface area contributed by atoms with Gasteiger partial charge in [0.2, 0.25) is 0 Å². The molecule has 0 spiro atoms. The van der Waals surface area contributed by atoms with Gasteiger partial charge in [-0.15, -0.1) is 0 Å². The van der Waals surface area contributed by atoms with Crippen molar-refractivity contribution >= 4 is 110 Å². The lowest BCUT2D eigenvalue weighted by Gasteiger charge is -2.24. The minimum Gasteiger partial charge on any atom is -0.456 e. The van der Waals surface area contributed by atoms with Gasteiger partial charge in [-0.3, -0.25) is 9.80 Å². The van der Waals surface area contributed by atoms with Gasteiger partial charge in [-0.05, 0) is 72.8 Å². The molecule has 0 amide bonds. The van der Waals surface area contributed by atoms with Crippen LogP contribution in [0.4, 0.5) is 34.4 Å². The van der Waals surface area contributed by atoms with Crippen LogP contribution in [0.2, 0.25) is 0 Å². The standard InChI is InChI=1S/C44H26N6O2S/c1-3-11-27(12-4-1)49(29-19-21-37-33(23-29)31-15-7-9-17-35(31)51-37)39-25-45-41-42-44(53-43(41)47-39)48-40(26-46-42)50(28-13-5-2-6-14-28)30-20-22-38-34(24-30)32-16-8-10-18-36(32)52-38/h1-26H. The average Bonchev–Trinajstić information content (AvgIpc) is 3.89. The fraction of sp³-hybridized carbons (Fsp3) is 0. The van der Waals surface area contributed by atoms with Gasteiger partial charge >= 0.3 is 0 Å². The van der Waals surface area contributed by atoms with Crippen molar-refractivity contribution < 1.29 is 8.83 Å². The molecule has 0 atom stereocenters. The molecular weight excluding hydrogens is 677 g/mol. The topological polar surface area (TPSA) is 84.3 Å². The Labute approximate surface area is 305 Å². The Hall–Kier alpha value is -7.10. The quantitative estimate of drug-likeness (QED) is 0.169. The van der Waals surface area contributed by atoms with Crippen LogP contribution in [-0.4, -0.2) is 19.9 Å². The number of benzene rings is 6. The summed E-state index contributed by atoms with van der Waals surface area (Å²) in [6.45, 7) is 0. The highest BCUT2D eigenvalue weighted by Crippen LogP contribution is 2.41. The van der Waals surface area contributed by atoms with E-state index in [1.165, 1.54) is 11.3 Å². The summed E-state index contributed by atoms with van der Waals surface area (Å²) in [6, 6.07) is 49.1. The highest BCUT2D eigenvalue weighted by atomic mass is 32.1. The number of furan rings is 2. The predicted octanol–water partition coefficient (Wildman–Crippen LogP) is 12.4. The summed E-state index contributed by atoms with van der Waals surface area (Å²) in [7, 11) is 0. The largest absolute Gasteiger partial charge is 0.456 e. The van der Waals surface area contributed by atoms with Crippen LogP contribution in [0.25, 0.3) is 64.6 Å². The maximum Gasteiger partial charge on any atom is 0.157 e. The second kappa shape index (κ2) is 11.7. The molecule has 11 aromatic rings. The van der Waals surface area contributed by atoms with E-state index in [1.807, 2.05) is 97.3 Å². The molecule has 0 N–H and O–H groups in total. The fourth-order valence-corrected chi connectivity index (χ4v) is 8.14. The first-order chi connectivity index (χ1) is 26.2. The third-order valence-electron chi connectivity index (χ3n) is 9.60. The first-order valence-electron chi connectivity index (χ1n) is 17.2. The number of hydrogen-bond donors (Lipinski definition) is 0. The van der Waals surface area contributed by atoms with E-state index >= 15 is 0 Å². The molecule has 6 aromatic carbocycles. The lowest BCUT2D eigenvalue weighted by molar-refractivity contribution is 0.668. The lowest BCUT2D eigenvalue weighted by Crippen LogP contribution is -2.12. The zero-order chi connectivity index (χ0) is 34.9. The Morgan fingerprint density at radius 2 is 0.811 bits per heavy atom. The third kappa shape index (κ3) is 4.82. The second-order valence-electron chi connectivity index (χ2n) is 12.8. The van der Waals surface area contributed by atoms with Gasteiger partial charge in [0.25, 0.3) is 0 Å². The summed E-state index contributed by atoms with van der Waals surface area (Å²) < 4.78 is 12.3. The molecular formula is C44H26N6O2S. The molecule has 0 bridgehead atoms. The number of anilines is 6. The van der Waals surface area contributed by atoms with Gasteiger partial charge in [-0.25, -0.2) is 19.9 Å². The molecule has 0 saturated carbocycles. The van der Waals surface area contributed by atoms with Crippen LogP contribution in [0, 0.1) is 0 Å². The minimum absolute atomic E-state index is 0.689. The highest BCUT2D eigenvalue weighted by molar-refractivity contribution is 7.24. The Bertz CT molecular complexity index is 2940. The molecule has 0 aliphatic rings. The number of thiophene rings is 1. The number of para-hydroxylation sites is 4. The van der Waals surface area contributed by atoms with Crippen LogP contribution in [0.3, 0.4) is 0 Å². The summed E-state index contributed by atoms with van der Waals surface area (Å²) in [6.07, 6.45) is 3.63. The lowest BCUT2D eigenvalue weighted by atomic mass is 10.1. The molecule has 0 aliphatic heterocycles. The first-order valence-corrected chi connectivity index (χ1v) is 18.0. The van der Waals surface area contributed by atoms with E-state index in [4.69, 9.17) is 28.8 Å². The molecule has 0 aliphatic carbocycles. The molecule has 0 unspecified atom stereocenters. The van der Waals surface area contributed by atoms with Crippen molar-refractivity contribution in [3.8, 4) is 0 Å². The maximum atomic E-state index is 6.14. The molecule has 8 nitrogen and oxygen atoms in total. The maximum absolute atomic E-state index is 6.14. The molecule has 53 heavy (non-hydrogen) atoms. The summed E-state index contributed by atoms with van der Waals surface area (Å²) in [5.74, 6) is 1.38. The van der Waals surface area contributed by atoms with E-state index in [9.17, 15) is 0 Å². The fourth-order valence-electron chi connectivity index (χ4n) is 7.19. The number of aromatic nitrogens is 4. The van der Waals surface area contributed by atoms with Gasteiger partial charge in [0, 0.05) is 44.3 Å². The zero-order valence-corrected chi connectivity index (χ0v) is 28.7. The van der Waals surface area contributed by atoms with Crippen molar-refractivity contribution in [1.82, 2.24) is 19.9 Å². The van der Waals surface area contributed by atoms with Crippen molar-refractivity contribution in [2.75, 3.05) is 9.80 Å². The van der Waals surface area contributed by atoms with E-state index in [1.54, 1.807) is 0 Å². The number of nitrogens with zero attached hydrogens (tertiary/aromatic N) is 6. The van der Waals surface area contributed by atoms with E-state index in [0.717, 1.165) is 87.3 Å². The molecule has 250 valence electrons. The molecule has 9 heteroatoms. The summed E-state index contributed by atoms with van der Waals surface area (Å²) >= 11 is 1.49. The molecule has 5 heterocycles. The summed E-state index contributed by atoms with van der Waals surface area (Å²) in [4.78, 5) is 26.1. The molecule has 0 saturated heterocycles. The molecule has 0 fully saturated rings. The molecule has 11 rings (SSSR count). The van der Waals surface area contributed by atoms with Crippen molar-refractivity contribution in [2.24, 2.45) is 0 Å². The van der Waals surface area contributed by atoms with Gasteiger partial charge in [0.15, 0.2) is 11.6 Å². The van der Waals surface area contributed by atoms with E-state index in [0.29, 0.717) is 11.6 Å². The Morgan fingerprint density at radius 3 is 1.28 bits per heavy atom. The first kappa shape index (κ1) is 29.6. The van der Waals surface area contributed by atoms with Crippen molar-refractivity contribution in [3.05, 3.63) is 158 Å². The Morgan fingerprint density at radius 1 is 0.396 bits per heavy atom. The molecule has 0 radical (unpaired) electrons. The van der Waals surface area contributed by atoms with Crippen LogP contribution >= 0.6 is 11.3 Å². The van der Waals surface area contributed by atoms with E-state index < -0.39 is 0 Å². The van der Waals surface area contributed by atoms with Crippen LogP contribution in [0.1, 0.15) is 0 Å². The van der Waals surface area contributed by atoms with Gasteiger partial charge in [-0.2, -0.15) is 0 Å². The van der Waals surface area contributed by atoms with Gasteiger partial charge in [0.1, 0.15) is 43.0 Å². The van der Waals surface area contributed by atoms with E-state index in [-0.39, 0.29) is 0 Å². The smallest absolute Gasteiger partial charge is 0.157 e. The second-order valence-corrected chi connectivity index (χ2v) is 13.7. The zero-order valence-electron chi connectivity index (χ0n) is 27.9. The average molecular weight is 703 g/mol. The van der Waals surface area contributed by atoms with Gasteiger partial charge in [0.05, 0.1) is 12.4 Å². The Balaban J connectivity index is 1.04. The monoisotopic (exact) mass is 702 g/mol. The highest BCUT2D eigenvalue weighted by Gasteiger charge is 2.22. The van der Waals surface area contributed by atoms with Crippen LogP contribution < -0.4 is 9.80 Å². The SMILES string of the molecule is c1ccc(N(c2ccc3oc4ccccc4c3c2)c2cnc3c(n2)sc2nc(N(c4ccccc4)c4ccc5oc6ccccc6c5c4)cnc23)cc1. The van der Waals surface area contributed by atoms with Gasteiger partial charge in [-0.1, -0.05) is 84.1 Å². The van der Waals surface area contributed by atoms with Crippen LogP contribution in [0.15, 0.2) is 167 Å². The third-order valence-corrected chi connectivity index (χ3v) is 10.6. The van der Waals surface area contributed by atoms with Crippen molar-refractivity contribution in [3.63, 3.8) is 0 Å². The Kier molecular flexibility index (Phi) is 6.55. The summed E-state index contributed by atoms with van der Waals surface area (Å²) in [5, 5.41) is 4.22. The summed E-state index contributed by atoms with van der Waals surface area (Å²) in [5.41, 5.74) is 8.66. The normalized spacial score (nSPS) is 11.8.